The van der Waals surface area contributed by atoms with Gasteiger partial charge >= 0.3 is 5.97 Å². The van der Waals surface area contributed by atoms with Gasteiger partial charge in [-0.2, -0.15) is 0 Å². The Morgan fingerprint density at radius 2 is 1.73 bits per heavy atom. The van der Waals surface area contributed by atoms with Crippen LogP contribution in [0.4, 0.5) is 0 Å². The molecular formula is C37H50N4O8. The van der Waals surface area contributed by atoms with Crippen LogP contribution in [0.3, 0.4) is 0 Å². The van der Waals surface area contributed by atoms with Crippen LogP contribution in [0.1, 0.15) is 57.2 Å². The van der Waals surface area contributed by atoms with E-state index in [-0.39, 0.29) is 36.5 Å². The molecule has 12 nitrogen and oxygen atoms in total. The number of nitrogens with one attached hydrogen (secondary N) is 3. The van der Waals surface area contributed by atoms with Crippen molar-refractivity contribution in [3.05, 3.63) is 71.3 Å². The Labute approximate surface area is 288 Å². The van der Waals surface area contributed by atoms with Gasteiger partial charge in [0, 0.05) is 33.1 Å². The molecule has 3 amide bonds. The predicted octanol–water partition coefficient (Wildman–Crippen LogP) is 3.13. The van der Waals surface area contributed by atoms with E-state index in [1.54, 1.807) is 33.3 Å². The molecular weight excluding hydrogens is 628 g/mol. The first-order valence-electron chi connectivity index (χ1n) is 16.9. The highest BCUT2D eigenvalue weighted by Gasteiger charge is 2.38. The SMILES string of the molecule is CO[C@@H]1[C@@H](C)[C@@H](OC)C=Cc2cccc(c2)COC(=O)[C@@H]2CCCN(N2)C(=O)[C@H](Cc2cccc(O)c2)NC(=O)[C@H](C(C)C)NC(=O)[C@@H]1C. The molecule has 0 spiro atoms. The van der Waals surface area contributed by atoms with E-state index in [1.807, 2.05) is 57.2 Å². The van der Waals surface area contributed by atoms with Crippen molar-refractivity contribution >= 4 is 29.8 Å². The first kappa shape index (κ1) is 37.6. The number of hydrogen-bond donors (Lipinski definition) is 4. The lowest BCUT2D eigenvalue weighted by atomic mass is 9.87. The van der Waals surface area contributed by atoms with E-state index >= 15 is 0 Å². The second-order valence-corrected chi connectivity index (χ2v) is 13.2. The number of rotatable bonds is 5. The van der Waals surface area contributed by atoms with E-state index in [4.69, 9.17) is 14.2 Å². The summed E-state index contributed by atoms with van der Waals surface area (Å²) in [7, 11) is 3.14. The monoisotopic (exact) mass is 678 g/mol. The molecule has 7 atom stereocenters. The molecule has 2 aliphatic rings. The third-order valence-corrected chi connectivity index (χ3v) is 9.25. The highest BCUT2D eigenvalue weighted by molar-refractivity contribution is 5.93. The fourth-order valence-corrected chi connectivity index (χ4v) is 6.43. The lowest BCUT2D eigenvalue weighted by molar-refractivity contribution is -0.154. The fourth-order valence-electron chi connectivity index (χ4n) is 6.43. The molecule has 12 heteroatoms. The summed E-state index contributed by atoms with van der Waals surface area (Å²) in [4.78, 5) is 54.8. The Hall–Kier alpha value is -4.26. The number of hydrogen-bond acceptors (Lipinski definition) is 9. The van der Waals surface area contributed by atoms with Crippen LogP contribution in [0.15, 0.2) is 54.6 Å². The molecule has 0 radical (unpaired) electrons. The molecule has 2 aliphatic heterocycles. The Morgan fingerprint density at radius 3 is 2.43 bits per heavy atom. The first-order chi connectivity index (χ1) is 23.4. The Kier molecular flexibility index (Phi) is 13.3. The van der Waals surface area contributed by atoms with Crippen molar-refractivity contribution in [1.82, 2.24) is 21.1 Å². The van der Waals surface area contributed by atoms with Crippen LogP contribution < -0.4 is 16.1 Å². The minimum absolute atomic E-state index is 0.0218. The number of benzene rings is 2. The third kappa shape index (κ3) is 9.90. The maximum absolute atomic E-state index is 14.0. The molecule has 2 heterocycles. The summed E-state index contributed by atoms with van der Waals surface area (Å²) in [6.45, 7) is 7.67. The number of esters is 1. The summed E-state index contributed by atoms with van der Waals surface area (Å²) in [5.41, 5.74) is 5.30. The van der Waals surface area contributed by atoms with Gasteiger partial charge in [-0.05, 0) is 53.6 Å². The summed E-state index contributed by atoms with van der Waals surface area (Å²) in [5, 5.41) is 17.2. The van der Waals surface area contributed by atoms with Crippen molar-refractivity contribution in [2.75, 3.05) is 20.8 Å². The minimum atomic E-state index is -1.08. The molecule has 266 valence electrons. The Balaban J connectivity index is 1.70. The molecule has 4 bridgehead atoms. The maximum atomic E-state index is 14.0. The zero-order valence-electron chi connectivity index (χ0n) is 29.2. The normalized spacial score (nSPS) is 27.8. The number of methoxy groups -OCH3 is 2. The van der Waals surface area contributed by atoms with E-state index in [1.165, 1.54) is 17.1 Å². The van der Waals surface area contributed by atoms with Gasteiger partial charge in [0.15, 0.2) is 0 Å². The number of ether oxygens (including phenoxy) is 3. The minimum Gasteiger partial charge on any atom is -0.508 e. The van der Waals surface area contributed by atoms with Gasteiger partial charge in [0.25, 0.3) is 5.91 Å². The summed E-state index contributed by atoms with van der Waals surface area (Å²) in [5.74, 6) is -3.09. The van der Waals surface area contributed by atoms with E-state index in [0.717, 1.165) is 11.1 Å². The number of nitrogens with zero attached hydrogens (tertiary/aromatic N) is 1. The molecule has 2 aromatic rings. The third-order valence-electron chi connectivity index (χ3n) is 9.25. The van der Waals surface area contributed by atoms with Crippen LogP contribution in [0.25, 0.3) is 6.08 Å². The van der Waals surface area contributed by atoms with Crippen molar-refractivity contribution < 1.29 is 38.5 Å². The number of aromatic hydroxyl groups is 1. The van der Waals surface area contributed by atoms with Gasteiger partial charge < -0.3 is 30.0 Å². The van der Waals surface area contributed by atoms with Crippen molar-refractivity contribution in [2.45, 2.75) is 83.9 Å². The number of phenolic OH excluding ortho intramolecular Hbond substituents is 1. The van der Waals surface area contributed by atoms with Crippen molar-refractivity contribution in [3.63, 3.8) is 0 Å². The molecule has 2 aromatic carbocycles. The number of amides is 3. The Morgan fingerprint density at radius 1 is 0.980 bits per heavy atom. The smallest absolute Gasteiger partial charge is 0.325 e. The van der Waals surface area contributed by atoms with Crippen LogP contribution in [0, 0.1) is 17.8 Å². The standard InChI is InChI=1S/C37H50N4O8/c1-22(2)32-35(44)38-30(20-26-11-8-13-28(42)19-26)36(45)41-17-9-14-29(40-41)37(46)49-21-27-12-7-10-25(18-27)15-16-31(47-5)23(3)33(48-6)24(4)34(43)39-32/h7-8,10-13,15-16,18-19,22-24,29-33,40,42H,9,14,17,20-21H2,1-6H3,(H,38,44)(H,39,43)/t23-,24+,29-,30-,31-,32-,33+/m0/s1. The summed E-state index contributed by atoms with van der Waals surface area (Å²) < 4.78 is 17.3. The van der Waals surface area contributed by atoms with E-state index in [2.05, 4.69) is 16.1 Å². The number of fused-ring (bicyclic) bond motifs is 4. The number of carbonyl (C=O) groups excluding carboxylic acids is 4. The zero-order valence-corrected chi connectivity index (χ0v) is 29.2. The molecule has 1 saturated heterocycles. The van der Waals surface area contributed by atoms with E-state index in [9.17, 15) is 24.3 Å². The number of phenols is 1. The van der Waals surface area contributed by atoms with Crippen LogP contribution in [-0.2, 0) is 46.4 Å². The van der Waals surface area contributed by atoms with Gasteiger partial charge in [0.05, 0.1) is 18.1 Å². The largest absolute Gasteiger partial charge is 0.508 e. The van der Waals surface area contributed by atoms with Crippen molar-refractivity contribution in [2.24, 2.45) is 17.8 Å². The lowest BCUT2D eigenvalue weighted by Crippen LogP contribution is -2.62. The van der Waals surface area contributed by atoms with Gasteiger partial charge in [0.1, 0.15) is 30.5 Å². The predicted molar refractivity (Wildman–Crippen MR) is 184 cm³/mol. The second-order valence-electron chi connectivity index (χ2n) is 13.2. The van der Waals surface area contributed by atoms with Gasteiger partial charge in [0.2, 0.25) is 11.8 Å². The molecule has 0 saturated carbocycles. The van der Waals surface area contributed by atoms with Crippen LogP contribution >= 0.6 is 0 Å². The molecule has 4 rings (SSSR count). The molecule has 0 aliphatic carbocycles. The molecule has 4 N–H and O–H groups in total. The Bertz CT molecular complexity index is 1500. The summed E-state index contributed by atoms with van der Waals surface area (Å²) in [6, 6.07) is 11.2. The quantitative estimate of drug-likeness (QED) is 0.349. The van der Waals surface area contributed by atoms with Crippen LogP contribution in [-0.4, -0.2) is 84.9 Å². The van der Waals surface area contributed by atoms with E-state index in [0.29, 0.717) is 24.9 Å². The van der Waals surface area contributed by atoms with Crippen molar-refractivity contribution in [1.29, 1.82) is 0 Å². The zero-order chi connectivity index (χ0) is 35.7. The molecule has 1 fully saturated rings. The average molecular weight is 679 g/mol. The lowest BCUT2D eigenvalue weighted by Gasteiger charge is -2.36. The van der Waals surface area contributed by atoms with Gasteiger partial charge in [-0.1, -0.05) is 70.2 Å². The molecule has 49 heavy (non-hydrogen) atoms. The maximum Gasteiger partial charge on any atom is 0.325 e. The second kappa shape index (κ2) is 17.4. The average Bonchev–Trinajstić information content (AvgIpc) is 3.09. The van der Waals surface area contributed by atoms with Crippen LogP contribution in [0.2, 0.25) is 0 Å². The summed E-state index contributed by atoms with van der Waals surface area (Å²) >= 11 is 0. The van der Waals surface area contributed by atoms with Gasteiger partial charge in [-0.25, -0.2) is 5.43 Å². The highest BCUT2D eigenvalue weighted by Crippen LogP contribution is 2.24. The van der Waals surface area contributed by atoms with Crippen LogP contribution in [0.5, 0.6) is 5.75 Å². The number of carbonyl (C=O) groups is 4. The van der Waals surface area contributed by atoms with Gasteiger partial charge in [-0.3, -0.25) is 24.2 Å². The highest BCUT2D eigenvalue weighted by atomic mass is 16.5. The molecule has 0 aromatic heterocycles. The first-order valence-corrected chi connectivity index (χ1v) is 16.9. The van der Waals surface area contributed by atoms with Crippen molar-refractivity contribution in [3.8, 4) is 5.75 Å². The summed E-state index contributed by atoms with van der Waals surface area (Å²) in [6.07, 6.45) is 3.92. The van der Waals surface area contributed by atoms with Gasteiger partial charge in [-0.15, -0.1) is 0 Å². The fraction of sp³-hybridized carbons (Fsp3) is 0.514. The topological polar surface area (TPSA) is 156 Å². The van der Waals surface area contributed by atoms with E-state index < -0.39 is 54.0 Å². The number of cyclic esters (lactones) is 1. The number of hydrazine groups is 1. The molecule has 0 unspecified atom stereocenters.